The average Bonchev–Trinajstić information content (AvgIpc) is 2.95. The molecule has 0 aliphatic carbocycles. The minimum absolute atomic E-state index is 0.156. The van der Waals surface area contributed by atoms with Crippen molar-refractivity contribution < 1.29 is 22.7 Å². The lowest BCUT2D eigenvalue weighted by atomic mass is 10.0. The lowest BCUT2D eigenvalue weighted by Crippen LogP contribution is -2.17. The Kier molecular flexibility index (Phi) is 4.18. The maximum atomic E-state index is 12.2. The SMILES string of the molecule is NC(=O)/C(=C/c1c[nH]c2ncccc12)c1ccc(OC(F)(F)F)cc1. The van der Waals surface area contributed by atoms with E-state index in [1.807, 2.05) is 6.07 Å². The first-order valence-corrected chi connectivity index (χ1v) is 7.13. The van der Waals surface area contributed by atoms with Crippen LogP contribution in [0.15, 0.2) is 48.8 Å². The van der Waals surface area contributed by atoms with E-state index in [4.69, 9.17) is 5.73 Å². The molecule has 0 bridgehead atoms. The Morgan fingerprint density at radius 3 is 2.56 bits per heavy atom. The number of pyridine rings is 1. The Hall–Kier alpha value is -3.29. The van der Waals surface area contributed by atoms with Crippen molar-refractivity contribution in [1.82, 2.24) is 9.97 Å². The molecule has 0 aliphatic rings. The fourth-order valence-electron chi connectivity index (χ4n) is 2.38. The number of aromatic amines is 1. The van der Waals surface area contributed by atoms with Gasteiger partial charge in [0.05, 0.1) is 0 Å². The second-order valence-electron chi connectivity index (χ2n) is 5.14. The monoisotopic (exact) mass is 347 g/mol. The molecule has 0 saturated carbocycles. The molecule has 128 valence electrons. The number of ether oxygens (including phenoxy) is 1. The lowest BCUT2D eigenvalue weighted by molar-refractivity contribution is -0.274. The fraction of sp³-hybridized carbons (Fsp3) is 0.0588. The zero-order chi connectivity index (χ0) is 18.0. The van der Waals surface area contributed by atoms with Crippen LogP contribution in [0.25, 0.3) is 22.7 Å². The summed E-state index contributed by atoms with van der Waals surface area (Å²) in [5, 5.41) is 0.790. The molecule has 0 spiro atoms. The van der Waals surface area contributed by atoms with Crippen molar-refractivity contribution >= 4 is 28.6 Å². The fourth-order valence-corrected chi connectivity index (χ4v) is 2.38. The largest absolute Gasteiger partial charge is 0.573 e. The summed E-state index contributed by atoms with van der Waals surface area (Å²) in [6.45, 7) is 0. The molecule has 0 aliphatic heterocycles. The highest BCUT2D eigenvalue weighted by molar-refractivity contribution is 6.24. The van der Waals surface area contributed by atoms with Crippen LogP contribution in [-0.2, 0) is 4.79 Å². The summed E-state index contributed by atoms with van der Waals surface area (Å²) in [7, 11) is 0. The first-order valence-electron chi connectivity index (χ1n) is 7.13. The lowest BCUT2D eigenvalue weighted by Gasteiger charge is -2.10. The highest BCUT2D eigenvalue weighted by atomic mass is 19.4. The number of fused-ring (bicyclic) bond motifs is 1. The Balaban J connectivity index is 1.97. The van der Waals surface area contributed by atoms with E-state index in [9.17, 15) is 18.0 Å². The maximum absolute atomic E-state index is 12.2. The highest BCUT2D eigenvalue weighted by Crippen LogP contribution is 2.27. The molecule has 8 heteroatoms. The zero-order valence-corrected chi connectivity index (χ0v) is 12.7. The minimum Gasteiger partial charge on any atom is -0.406 e. The third-order valence-electron chi connectivity index (χ3n) is 3.45. The van der Waals surface area contributed by atoms with Crippen molar-refractivity contribution in [3.63, 3.8) is 0 Å². The van der Waals surface area contributed by atoms with Crippen molar-refractivity contribution in [3.05, 3.63) is 59.9 Å². The summed E-state index contributed by atoms with van der Waals surface area (Å²) in [6.07, 6.45) is 0.0752. The van der Waals surface area contributed by atoms with E-state index in [0.717, 1.165) is 17.5 Å². The third-order valence-corrected chi connectivity index (χ3v) is 3.45. The van der Waals surface area contributed by atoms with Gasteiger partial charge in [-0.25, -0.2) is 4.98 Å². The van der Waals surface area contributed by atoms with E-state index in [2.05, 4.69) is 14.7 Å². The number of rotatable bonds is 4. The molecule has 0 radical (unpaired) electrons. The summed E-state index contributed by atoms with van der Waals surface area (Å²) in [5.41, 5.74) is 7.29. The van der Waals surface area contributed by atoms with Crippen LogP contribution in [0.4, 0.5) is 13.2 Å². The van der Waals surface area contributed by atoms with Crippen molar-refractivity contribution in [2.45, 2.75) is 6.36 Å². The topological polar surface area (TPSA) is 81.0 Å². The Morgan fingerprint density at radius 1 is 1.20 bits per heavy atom. The number of nitrogens with one attached hydrogen (secondary N) is 1. The molecular formula is C17H12F3N3O2. The van der Waals surface area contributed by atoms with Crippen LogP contribution in [0.3, 0.4) is 0 Å². The number of primary amides is 1. The first-order chi connectivity index (χ1) is 11.8. The standard InChI is InChI=1S/C17H12F3N3O2/c18-17(19,20)25-12-5-3-10(4-6-12)14(15(21)24)8-11-9-23-16-13(11)2-1-7-22-16/h1-9H,(H2,21,24)(H,22,23)/b14-8+. The number of nitrogens with two attached hydrogens (primary N) is 1. The van der Waals surface area contributed by atoms with Crippen LogP contribution in [0.2, 0.25) is 0 Å². The predicted molar refractivity (Wildman–Crippen MR) is 86.3 cm³/mol. The van der Waals surface area contributed by atoms with E-state index < -0.39 is 12.3 Å². The number of hydrogen-bond acceptors (Lipinski definition) is 3. The number of aromatic nitrogens is 2. The quantitative estimate of drug-likeness (QED) is 0.709. The van der Waals surface area contributed by atoms with Crippen molar-refractivity contribution in [2.75, 3.05) is 0 Å². The summed E-state index contributed by atoms with van der Waals surface area (Å²) in [6, 6.07) is 8.49. The molecule has 3 rings (SSSR count). The van der Waals surface area contributed by atoms with E-state index in [0.29, 0.717) is 16.8 Å². The van der Waals surface area contributed by atoms with Gasteiger partial charge in [0.2, 0.25) is 5.91 Å². The molecule has 2 aromatic heterocycles. The van der Waals surface area contributed by atoms with E-state index in [-0.39, 0.29) is 11.3 Å². The number of nitrogens with zero attached hydrogens (tertiary/aromatic N) is 1. The second-order valence-corrected chi connectivity index (χ2v) is 5.14. The summed E-state index contributed by atoms with van der Waals surface area (Å²) in [5.74, 6) is -1.08. The van der Waals surface area contributed by atoms with E-state index >= 15 is 0 Å². The molecule has 0 saturated heterocycles. The molecular weight excluding hydrogens is 335 g/mol. The third kappa shape index (κ3) is 3.79. The number of carbonyl (C=O) groups excluding carboxylic acids is 1. The number of H-pyrrole nitrogens is 1. The number of carbonyl (C=O) groups is 1. The van der Waals surface area contributed by atoms with E-state index in [1.165, 1.54) is 12.1 Å². The number of hydrogen-bond donors (Lipinski definition) is 2. The first kappa shape index (κ1) is 16.6. The molecule has 0 unspecified atom stereocenters. The molecule has 5 nitrogen and oxygen atoms in total. The Bertz CT molecular complexity index is 944. The van der Waals surface area contributed by atoms with Gasteiger partial charge in [0.15, 0.2) is 0 Å². The number of alkyl halides is 3. The van der Waals surface area contributed by atoms with Crippen LogP contribution in [0.1, 0.15) is 11.1 Å². The van der Waals surface area contributed by atoms with Gasteiger partial charge in [0.25, 0.3) is 0 Å². The van der Waals surface area contributed by atoms with Crippen molar-refractivity contribution in [3.8, 4) is 5.75 Å². The molecule has 3 aromatic rings. The van der Waals surface area contributed by atoms with Gasteiger partial charge in [0, 0.05) is 28.9 Å². The summed E-state index contributed by atoms with van der Waals surface area (Å²) in [4.78, 5) is 18.9. The van der Waals surface area contributed by atoms with Crippen LogP contribution >= 0.6 is 0 Å². The van der Waals surface area contributed by atoms with Crippen LogP contribution in [0, 0.1) is 0 Å². The van der Waals surface area contributed by atoms with Crippen LogP contribution < -0.4 is 10.5 Å². The predicted octanol–water partition coefficient (Wildman–Crippen LogP) is 3.49. The van der Waals surface area contributed by atoms with Gasteiger partial charge in [-0.2, -0.15) is 0 Å². The maximum Gasteiger partial charge on any atom is 0.573 e. The molecule has 0 fully saturated rings. The van der Waals surface area contributed by atoms with E-state index in [1.54, 1.807) is 24.5 Å². The average molecular weight is 347 g/mol. The second kappa shape index (κ2) is 6.31. The van der Waals surface area contributed by atoms with Crippen molar-refractivity contribution in [1.29, 1.82) is 0 Å². The van der Waals surface area contributed by atoms with Crippen LogP contribution in [-0.4, -0.2) is 22.2 Å². The Labute approximate surface area is 139 Å². The molecule has 1 aromatic carbocycles. The molecule has 25 heavy (non-hydrogen) atoms. The van der Waals surface area contributed by atoms with Gasteiger partial charge in [-0.15, -0.1) is 13.2 Å². The number of halogens is 3. The highest BCUT2D eigenvalue weighted by Gasteiger charge is 2.31. The molecule has 3 N–H and O–H groups in total. The summed E-state index contributed by atoms with van der Waals surface area (Å²) >= 11 is 0. The zero-order valence-electron chi connectivity index (χ0n) is 12.7. The van der Waals surface area contributed by atoms with Gasteiger partial charge >= 0.3 is 6.36 Å². The number of amides is 1. The molecule has 0 atom stereocenters. The summed E-state index contributed by atoms with van der Waals surface area (Å²) < 4.78 is 40.4. The molecule has 2 heterocycles. The Morgan fingerprint density at radius 2 is 1.92 bits per heavy atom. The molecule has 1 amide bonds. The minimum atomic E-state index is -4.78. The normalized spacial score (nSPS) is 12.4. The van der Waals surface area contributed by atoms with Gasteiger partial charge < -0.3 is 15.5 Å². The smallest absolute Gasteiger partial charge is 0.406 e. The van der Waals surface area contributed by atoms with Gasteiger partial charge in [0.1, 0.15) is 11.4 Å². The van der Waals surface area contributed by atoms with Gasteiger partial charge in [-0.1, -0.05) is 12.1 Å². The van der Waals surface area contributed by atoms with Crippen molar-refractivity contribution in [2.24, 2.45) is 5.73 Å². The van der Waals surface area contributed by atoms with Gasteiger partial charge in [-0.05, 0) is 35.9 Å². The van der Waals surface area contributed by atoms with Crippen LogP contribution in [0.5, 0.6) is 5.75 Å². The number of benzene rings is 1. The van der Waals surface area contributed by atoms with Gasteiger partial charge in [-0.3, -0.25) is 4.79 Å².